The topological polar surface area (TPSA) is 66.4 Å². The molecular formula is C17H15F2NO3. The Morgan fingerprint density at radius 1 is 1.17 bits per heavy atom. The van der Waals surface area contributed by atoms with Gasteiger partial charge in [0.1, 0.15) is 17.7 Å². The number of carboxylic acids is 1. The third kappa shape index (κ3) is 4.12. The second-order valence-corrected chi connectivity index (χ2v) is 5.12. The molecule has 2 rings (SSSR count). The van der Waals surface area contributed by atoms with Gasteiger partial charge in [0, 0.05) is 12.5 Å². The molecule has 0 aliphatic heterocycles. The lowest BCUT2D eigenvalue weighted by Crippen LogP contribution is -2.42. The summed E-state index contributed by atoms with van der Waals surface area (Å²) in [5.41, 5.74) is 1.25. The van der Waals surface area contributed by atoms with Crippen LogP contribution in [0.25, 0.3) is 0 Å². The number of nitrogens with one attached hydrogen (secondary N) is 1. The summed E-state index contributed by atoms with van der Waals surface area (Å²) >= 11 is 0. The highest BCUT2D eigenvalue weighted by Crippen LogP contribution is 2.12. The smallest absolute Gasteiger partial charge is 0.326 e. The molecule has 0 aliphatic carbocycles. The van der Waals surface area contributed by atoms with Gasteiger partial charge in [-0.3, -0.25) is 4.79 Å². The molecule has 2 aromatic rings. The van der Waals surface area contributed by atoms with Crippen LogP contribution in [0.3, 0.4) is 0 Å². The number of hydrogen-bond acceptors (Lipinski definition) is 2. The highest BCUT2D eigenvalue weighted by molar-refractivity contribution is 5.96. The second-order valence-electron chi connectivity index (χ2n) is 5.12. The zero-order valence-electron chi connectivity index (χ0n) is 12.3. The molecule has 4 nitrogen and oxygen atoms in total. The van der Waals surface area contributed by atoms with Crippen molar-refractivity contribution in [3.05, 3.63) is 70.8 Å². The normalized spacial score (nSPS) is 11.8. The molecule has 2 N–H and O–H groups in total. The Bertz CT molecular complexity index is 746. The Morgan fingerprint density at radius 3 is 2.48 bits per heavy atom. The fourth-order valence-corrected chi connectivity index (χ4v) is 2.17. The van der Waals surface area contributed by atoms with E-state index in [1.165, 1.54) is 0 Å². The number of rotatable bonds is 5. The fraction of sp³-hybridized carbons (Fsp3) is 0.176. The van der Waals surface area contributed by atoms with Crippen LogP contribution < -0.4 is 5.32 Å². The van der Waals surface area contributed by atoms with E-state index in [1.54, 1.807) is 12.1 Å². The number of carbonyl (C=O) groups is 2. The average molecular weight is 319 g/mol. The molecule has 23 heavy (non-hydrogen) atoms. The summed E-state index contributed by atoms with van der Waals surface area (Å²) < 4.78 is 26.5. The maximum absolute atomic E-state index is 13.6. The van der Waals surface area contributed by atoms with Crippen LogP contribution >= 0.6 is 0 Å². The molecule has 0 fully saturated rings. The van der Waals surface area contributed by atoms with Crippen LogP contribution in [0, 0.1) is 18.6 Å². The summed E-state index contributed by atoms with van der Waals surface area (Å²) in [4.78, 5) is 23.4. The van der Waals surface area contributed by atoms with Crippen molar-refractivity contribution < 1.29 is 23.5 Å². The lowest BCUT2D eigenvalue weighted by atomic mass is 10.0. The molecule has 0 aromatic heterocycles. The Labute approximate surface area is 131 Å². The first kappa shape index (κ1) is 16.6. The first-order chi connectivity index (χ1) is 10.9. The largest absolute Gasteiger partial charge is 0.480 e. The van der Waals surface area contributed by atoms with Crippen LogP contribution in [0.5, 0.6) is 0 Å². The summed E-state index contributed by atoms with van der Waals surface area (Å²) in [7, 11) is 0. The molecule has 120 valence electrons. The van der Waals surface area contributed by atoms with Crippen molar-refractivity contribution in [3.8, 4) is 0 Å². The van der Waals surface area contributed by atoms with Crippen molar-refractivity contribution in [1.82, 2.24) is 5.32 Å². The van der Waals surface area contributed by atoms with Crippen LogP contribution in [0.2, 0.25) is 0 Å². The molecule has 0 bridgehead atoms. The lowest BCUT2D eigenvalue weighted by Gasteiger charge is -2.16. The third-order valence-electron chi connectivity index (χ3n) is 3.46. The molecule has 2 aromatic carbocycles. The van der Waals surface area contributed by atoms with Gasteiger partial charge in [-0.05, 0) is 30.2 Å². The average Bonchev–Trinajstić information content (AvgIpc) is 2.48. The minimum absolute atomic E-state index is 0.0660. The number of halogens is 2. The highest BCUT2D eigenvalue weighted by Gasteiger charge is 2.23. The molecule has 0 saturated carbocycles. The van der Waals surface area contributed by atoms with E-state index in [4.69, 9.17) is 0 Å². The molecule has 1 amide bonds. The standard InChI is InChI=1S/C17H15F2NO3/c1-10-4-2-3-5-11(10)8-15(17(22)23)20-16(21)13-7-6-12(18)9-14(13)19/h2-7,9,15H,8H2,1H3,(H,20,21)(H,22,23)/t15-/m0/s1. The Hall–Kier alpha value is -2.76. The monoisotopic (exact) mass is 319 g/mol. The van der Waals surface area contributed by atoms with Gasteiger partial charge in [0.25, 0.3) is 5.91 Å². The molecule has 1 atom stereocenters. The molecule has 0 heterocycles. The Morgan fingerprint density at radius 2 is 1.87 bits per heavy atom. The van der Waals surface area contributed by atoms with Crippen molar-refractivity contribution in [2.45, 2.75) is 19.4 Å². The maximum atomic E-state index is 13.6. The zero-order valence-corrected chi connectivity index (χ0v) is 12.3. The van der Waals surface area contributed by atoms with Gasteiger partial charge in [0.15, 0.2) is 0 Å². The predicted octanol–water partition coefficient (Wildman–Crippen LogP) is 2.70. The van der Waals surface area contributed by atoms with Crippen LogP contribution in [-0.2, 0) is 11.2 Å². The fourth-order valence-electron chi connectivity index (χ4n) is 2.17. The maximum Gasteiger partial charge on any atom is 0.326 e. The van der Waals surface area contributed by atoms with Crippen LogP contribution in [-0.4, -0.2) is 23.0 Å². The number of aryl methyl sites for hydroxylation is 1. The van der Waals surface area contributed by atoms with Crippen LogP contribution in [0.15, 0.2) is 42.5 Å². The van der Waals surface area contributed by atoms with Gasteiger partial charge in [-0.1, -0.05) is 24.3 Å². The quantitative estimate of drug-likeness (QED) is 0.890. The Kier molecular flexibility index (Phi) is 5.05. The van der Waals surface area contributed by atoms with Gasteiger partial charge in [0.05, 0.1) is 5.56 Å². The van der Waals surface area contributed by atoms with Gasteiger partial charge in [-0.25, -0.2) is 13.6 Å². The van der Waals surface area contributed by atoms with Crippen LogP contribution in [0.4, 0.5) is 8.78 Å². The summed E-state index contributed by atoms with van der Waals surface area (Å²) in [5.74, 6) is -3.98. The Balaban J connectivity index is 2.18. The van der Waals surface area contributed by atoms with E-state index in [2.05, 4.69) is 5.32 Å². The van der Waals surface area contributed by atoms with Crippen molar-refractivity contribution in [2.24, 2.45) is 0 Å². The van der Waals surface area contributed by atoms with E-state index < -0.39 is 35.1 Å². The summed E-state index contributed by atoms with van der Waals surface area (Å²) in [6, 6.07) is 8.46. The zero-order chi connectivity index (χ0) is 17.0. The van der Waals surface area contributed by atoms with Gasteiger partial charge >= 0.3 is 5.97 Å². The molecule has 0 spiro atoms. The van der Waals surface area contributed by atoms with Gasteiger partial charge in [-0.15, -0.1) is 0 Å². The first-order valence-corrected chi connectivity index (χ1v) is 6.91. The first-order valence-electron chi connectivity index (χ1n) is 6.91. The molecular weight excluding hydrogens is 304 g/mol. The minimum Gasteiger partial charge on any atom is -0.480 e. The van der Waals surface area contributed by atoms with Crippen molar-refractivity contribution in [2.75, 3.05) is 0 Å². The predicted molar refractivity (Wildman–Crippen MR) is 80.1 cm³/mol. The number of amides is 1. The molecule has 6 heteroatoms. The number of carboxylic acid groups (broad SMARTS) is 1. The molecule has 0 unspecified atom stereocenters. The lowest BCUT2D eigenvalue weighted by molar-refractivity contribution is -0.139. The SMILES string of the molecule is Cc1ccccc1C[C@H](NC(=O)c1ccc(F)cc1F)C(=O)O. The molecule has 0 aliphatic rings. The number of aliphatic carboxylic acids is 1. The second kappa shape index (κ2) is 7.00. The van der Waals surface area contributed by atoms with Crippen molar-refractivity contribution in [1.29, 1.82) is 0 Å². The van der Waals surface area contributed by atoms with E-state index in [0.717, 1.165) is 23.3 Å². The number of hydrogen-bond donors (Lipinski definition) is 2. The van der Waals surface area contributed by atoms with Crippen molar-refractivity contribution >= 4 is 11.9 Å². The molecule has 0 radical (unpaired) electrons. The number of carbonyl (C=O) groups excluding carboxylic acids is 1. The third-order valence-corrected chi connectivity index (χ3v) is 3.46. The summed E-state index contributed by atoms with van der Waals surface area (Å²) in [6.07, 6.45) is 0.0660. The van der Waals surface area contributed by atoms with E-state index in [-0.39, 0.29) is 6.42 Å². The highest BCUT2D eigenvalue weighted by atomic mass is 19.1. The number of benzene rings is 2. The van der Waals surface area contributed by atoms with E-state index >= 15 is 0 Å². The minimum atomic E-state index is -1.23. The van der Waals surface area contributed by atoms with Gasteiger partial charge < -0.3 is 10.4 Å². The van der Waals surface area contributed by atoms with Gasteiger partial charge in [0.2, 0.25) is 0 Å². The van der Waals surface area contributed by atoms with E-state index in [1.807, 2.05) is 19.1 Å². The van der Waals surface area contributed by atoms with Gasteiger partial charge in [-0.2, -0.15) is 0 Å². The summed E-state index contributed by atoms with van der Waals surface area (Å²) in [6.45, 7) is 1.83. The van der Waals surface area contributed by atoms with Crippen molar-refractivity contribution in [3.63, 3.8) is 0 Å². The van der Waals surface area contributed by atoms with E-state index in [0.29, 0.717) is 6.07 Å². The van der Waals surface area contributed by atoms with E-state index in [9.17, 15) is 23.5 Å². The molecule has 0 saturated heterocycles. The van der Waals surface area contributed by atoms with Crippen LogP contribution in [0.1, 0.15) is 21.5 Å². The summed E-state index contributed by atoms with van der Waals surface area (Å²) in [5, 5.41) is 11.5.